The minimum Gasteiger partial charge on any atom is -0.465 e. The summed E-state index contributed by atoms with van der Waals surface area (Å²) in [4.78, 5) is 11.5. The quantitative estimate of drug-likeness (QED) is 0.634. The van der Waals surface area contributed by atoms with Crippen LogP contribution in [0.15, 0.2) is 24.3 Å². The second kappa shape index (κ2) is 5.14. The molecule has 0 aromatic heterocycles. The summed E-state index contributed by atoms with van der Waals surface area (Å²) in [5, 5.41) is 6.72. The zero-order valence-electron chi connectivity index (χ0n) is 9.53. The van der Waals surface area contributed by atoms with Gasteiger partial charge in [0.05, 0.1) is 18.4 Å². The van der Waals surface area contributed by atoms with Crippen molar-refractivity contribution in [3.63, 3.8) is 0 Å². The number of nitrogens with one attached hydrogen (secondary N) is 2. The Kier molecular flexibility index (Phi) is 3.58. The van der Waals surface area contributed by atoms with Gasteiger partial charge in [-0.05, 0) is 37.2 Å². The first kappa shape index (κ1) is 11.9. The number of carbonyl (C=O) groups is 1. The molecule has 0 radical (unpaired) electrons. The number of ether oxygens (including phenoxy) is 1. The summed E-state index contributed by atoms with van der Waals surface area (Å²) in [7, 11) is 1.36. The van der Waals surface area contributed by atoms with Gasteiger partial charge < -0.3 is 15.4 Å². The van der Waals surface area contributed by atoms with Crippen LogP contribution in [0.2, 0.25) is 0 Å². The molecular weight excluding hydrogens is 236 g/mol. The molecule has 0 heterocycles. The number of rotatable bonds is 3. The number of esters is 1. The van der Waals surface area contributed by atoms with Crippen molar-refractivity contribution in [2.75, 3.05) is 12.4 Å². The smallest absolute Gasteiger partial charge is 0.339 e. The molecule has 1 saturated carbocycles. The molecule has 0 saturated heterocycles. The Morgan fingerprint density at radius 2 is 2.12 bits per heavy atom. The number of methoxy groups -OCH3 is 1. The molecule has 0 atom stereocenters. The predicted molar refractivity (Wildman–Crippen MR) is 70.2 cm³/mol. The van der Waals surface area contributed by atoms with Crippen LogP contribution in [0, 0.1) is 0 Å². The number of anilines is 1. The Labute approximate surface area is 105 Å². The van der Waals surface area contributed by atoms with Gasteiger partial charge in [-0.1, -0.05) is 12.1 Å². The van der Waals surface area contributed by atoms with Gasteiger partial charge in [0, 0.05) is 6.04 Å². The van der Waals surface area contributed by atoms with Crippen molar-refractivity contribution in [2.24, 2.45) is 0 Å². The number of para-hydroxylation sites is 1. The molecule has 2 N–H and O–H groups in total. The van der Waals surface area contributed by atoms with Crippen LogP contribution in [-0.2, 0) is 4.74 Å². The summed E-state index contributed by atoms with van der Waals surface area (Å²) >= 11 is 5.16. The van der Waals surface area contributed by atoms with Gasteiger partial charge in [-0.25, -0.2) is 4.79 Å². The van der Waals surface area contributed by atoms with E-state index in [1.54, 1.807) is 18.2 Å². The normalized spacial score (nSPS) is 13.9. The molecule has 0 unspecified atom stereocenters. The maximum atomic E-state index is 11.5. The van der Waals surface area contributed by atoms with Crippen LogP contribution in [0.4, 0.5) is 5.69 Å². The fraction of sp³-hybridized carbons (Fsp3) is 0.333. The third-order valence-corrected chi connectivity index (χ3v) is 2.71. The Bertz CT molecular complexity index is 444. The topological polar surface area (TPSA) is 50.4 Å². The Morgan fingerprint density at radius 3 is 2.76 bits per heavy atom. The summed E-state index contributed by atoms with van der Waals surface area (Å²) in [6.45, 7) is 0. The lowest BCUT2D eigenvalue weighted by Crippen LogP contribution is -2.30. The van der Waals surface area contributed by atoms with Crippen LogP contribution in [-0.4, -0.2) is 24.2 Å². The highest BCUT2D eigenvalue weighted by Crippen LogP contribution is 2.20. The first-order valence-electron chi connectivity index (χ1n) is 5.45. The highest BCUT2D eigenvalue weighted by atomic mass is 32.1. The lowest BCUT2D eigenvalue weighted by atomic mass is 10.2. The van der Waals surface area contributed by atoms with Crippen LogP contribution in [0.1, 0.15) is 23.2 Å². The highest BCUT2D eigenvalue weighted by Gasteiger charge is 2.22. The molecule has 1 aromatic rings. The summed E-state index contributed by atoms with van der Waals surface area (Å²) in [5.74, 6) is -0.373. The standard InChI is InChI=1S/C12H14N2O2S/c1-16-11(15)9-4-2-3-5-10(9)14-12(17)13-8-6-7-8/h2-5,8H,6-7H2,1H3,(H2,13,14,17). The van der Waals surface area contributed by atoms with Gasteiger partial charge in [0.25, 0.3) is 0 Å². The van der Waals surface area contributed by atoms with E-state index in [9.17, 15) is 4.79 Å². The molecule has 0 aliphatic heterocycles. The minimum absolute atomic E-state index is 0.373. The van der Waals surface area contributed by atoms with Gasteiger partial charge >= 0.3 is 5.97 Å². The van der Waals surface area contributed by atoms with Gasteiger partial charge in [-0.15, -0.1) is 0 Å². The monoisotopic (exact) mass is 250 g/mol. The zero-order chi connectivity index (χ0) is 12.3. The highest BCUT2D eigenvalue weighted by molar-refractivity contribution is 7.80. The lowest BCUT2D eigenvalue weighted by Gasteiger charge is -2.12. The van der Waals surface area contributed by atoms with E-state index in [0.29, 0.717) is 22.4 Å². The van der Waals surface area contributed by atoms with Gasteiger partial charge in [0.1, 0.15) is 0 Å². The predicted octanol–water partition coefficient (Wildman–Crippen LogP) is 1.92. The van der Waals surface area contributed by atoms with Gasteiger partial charge in [-0.3, -0.25) is 0 Å². The third kappa shape index (κ3) is 3.17. The van der Waals surface area contributed by atoms with E-state index in [0.717, 1.165) is 12.8 Å². The van der Waals surface area contributed by atoms with Crippen LogP contribution in [0.5, 0.6) is 0 Å². The van der Waals surface area contributed by atoms with Crippen molar-refractivity contribution in [3.05, 3.63) is 29.8 Å². The average molecular weight is 250 g/mol. The molecule has 4 nitrogen and oxygen atoms in total. The van der Waals surface area contributed by atoms with Crippen molar-refractivity contribution < 1.29 is 9.53 Å². The molecule has 1 aliphatic rings. The van der Waals surface area contributed by atoms with E-state index in [1.807, 2.05) is 6.07 Å². The summed E-state index contributed by atoms with van der Waals surface area (Å²) in [6, 6.07) is 7.62. The molecule has 0 amide bonds. The number of hydrogen-bond acceptors (Lipinski definition) is 3. The van der Waals surface area contributed by atoms with Crippen molar-refractivity contribution in [1.82, 2.24) is 5.32 Å². The fourth-order valence-electron chi connectivity index (χ4n) is 1.45. The van der Waals surface area contributed by atoms with E-state index >= 15 is 0 Å². The van der Waals surface area contributed by atoms with Crippen LogP contribution in [0.25, 0.3) is 0 Å². The molecule has 90 valence electrons. The first-order valence-corrected chi connectivity index (χ1v) is 5.86. The summed E-state index contributed by atoms with van der Waals surface area (Å²) in [5.41, 5.74) is 1.15. The molecule has 0 spiro atoms. The van der Waals surface area contributed by atoms with Crippen LogP contribution < -0.4 is 10.6 Å². The number of carbonyl (C=O) groups excluding carboxylic acids is 1. The first-order chi connectivity index (χ1) is 8.20. The lowest BCUT2D eigenvalue weighted by molar-refractivity contribution is 0.0602. The molecule has 17 heavy (non-hydrogen) atoms. The average Bonchev–Trinajstić information content (AvgIpc) is 3.12. The maximum absolute atomic E-state index is 11.5. The second-order valence-corrected chi connectivity index (χ2v) is 4.32. The molecule has 2 rings (SSSR count). The Balaban J connectivity index is 2.08. The van der Waals surface area contributed by atoms with Crippen molar-refractivity contribution in [3.8, 4) is 0 Å². The van der Waals surface area contributed by atoms with E-state index < -0.39 is 0 Å². The molecular formula is C12H14N2O2S. The van der Waals surface area contributed by atoms with E-state index in [4.69, 9.17) is 17.0 Å². The number of thiocarbonyl (C=S) groups is 1. The van der Waals surface area contributed by atoms with Crippen molar-refractivity contribution in [1.29, 1.82) is 0 Å². The van der Waals surface area contributed by atoms with Crippen molar-refractivity contribution >= 4 is 29.0 Å². The maximum Gasteiger partial charge on any atom is 0.339 e. The summed E-state index contributed by atoms with van der Waals surface area (Å²) < 4.78 is 4.71. The molecule has 1 aromatic carbocycles. The Morgan fingerprint density at radius 1 is 1.41 bits per heavy atom. The van der Waals surface area contributed by atoms with Gasteiger partial charge in [0.2, 0.25) is 0 Å². The molecule has 0 bridgehead atoms. The Hall–Kier alpha value is -1.62. The molecule has 1 fully saturated rings. The number of benzene rings is 1. The fourth-order valence-corrected chi connectivity index (χ4v) is 1.73. The molecule has 5 heteroatoms. The number of hydrogen-bond donors (Lipinski definition) is 2. The van der Waals surface area contributed by atoms with E-state index in [-0.39, 0.29) is 5.97 Å². The zero-order valence-corrected chi connectivity index (χ0v) is 10.3. The second-order valence-electron chi connectivity index (χ2n) is 3.91. The van der Waals surface area contributed by atoms with Crippen LogP contribution >= 0.6 is 12.2 Å². The van der Waals surface area contributed by atoms with E-state index in [1.165, 1.54) is 7.11 Å². The minimum atomic E-state index is -0.373. The molecule has 1 aliphatic carbocycles. The van der Waals surface area contributed by atoms with Gasteiger partial charge in [0.15, 0.2) is 5.11 Å². The third-order valence-electron chi connectivity index (χ3n) is 2.49. The van der Waals surface area contributed by atoms with Crippen LogP contribution in [0.3, 0.4) is 0 Å². The summed E-state index contributed by atoms with van der Waals surface area (Å²) in [6.07, 6.45) is 2.31. The van der Waals surface area contributed by atoms with Crippen molar-refractivity contribution in [2.45, 2.75) is 18.9 Å². The van der Waals surface area contributed by atoms with Gasteiger partial charge in [-0.2, -0.15) is 0 Å². The van der Waals surface area contributed by atoms with E-state index in [2.05, 4.69) is 10.6 Å². The largest absolute Gasteiger partial charge is 0.465 e. The SMILES string of the molecule is COC(=O)c1ccccc1NC(=S)NC1CC1.